The van der Waals surface area contributed by atoms with Gasteiger partial charge in [-0.2, -0.15) is 4.39 Å². The van der Waals surface area contributed by atoms with Gasteiger partial charge in [0.25, 0.3) is 0 Å². The van der Waals surface area contributed by atoms with Crippen molar-refractivity contribution in [3.05, 3.63) is 64.8 Å². The number of fused-ring (bicyclic) bond motifs is 1. The number of aromatic nitrogens is 2. The van der Waals surface area contributed by atoms with E-state index in [1.54, 1.807) is 24.3 Å². The summed E-state index contributed by atoms with van der Waals surface area (Å²) in [5.41, 5.74) is 6.19. The lowest BCUT2D eigenvalue weighted by Gasteiger charge is -2.32. The first-order chi connectivity index (χ1) is 20.4. The van der Waals surface area contributed by atoms with Crippen LogP contribution in [0.15, 0.2) is 41.9 Å². The first kappa shape index (κ1) is 31.0. The molecule has 2 saturated heterocycles. The molecule has 3 heterocycles. The van der Waals surface area contributed by atoms with Crippen LogP contribution in [0.3, 0.4) is 0 Å². The predicted octanol–water partition coefficient (Wildman–Crippen LogP) is 6.33. The zero-order valence-corrected chi connectivity index (χ0v) is 25.2. The van der Waals surface area contributed by atoms with Crippen molar-refractivity contribution in [2.75, 3.05) is 19.8 Å². The highest BCUT2D eigenvalue weighted by Crippen LogP contribution is 2.43. The van der Waals surface area contributed by atoms with Crippen LogP contribution in [0.2, 0.25) is 0 Å². The molecular weight excluding hydrogens is 559 g/mol. The van der Waals surface area contributed by atoms with Crippen LogP contribution in [0.1, 0.15) is 77.7 Å². The highest BCUT2D eigenvalue weighted by Gasteiger charge is 2.52. The second kappa shape index (κ2) is 12.3. The van der Waals surface area contributed by atoms with Crippen molar-refractivity contribution in [2.24, 2.45) is 5.73 Å². The van der Waals surface area contributed by atoms with Crippen LogP contribution in [-0.2, 0) is 18.8 Å². The lowest BCUT2D eigenvalue weighted by atomic mass is 9.70. The molecule has 3 aromatic rings. The van der Waals surface area contributed by atoms with Crippen LogP contribution in [0.25, 0.3) is 16.5 Å². The topological polar surface area (TPSA) is 107 Å². The Morgan fingerprint density at radius 1 is 1.09 bits per heavy atom. The second-order valence-electron chi connectivity index (χ2n) is 11.8. The van der Waals surface area contributed by atoms with Gasteiger partial charge in [-0.3, -0.25) is 0 Å². The first-order valence-electron chi connectivity index (χ1n) is 14.6. The fourth-order valence-corrected chi connectivity index (χ4v) is 5.43. The number of hydrogen-bond donors (Lipinski definition) is 1. The normalized spacial score (nSPS) is 20.3. The zero-order valence-electron chi connectivity index (χ0n) is 25.2. The van der Waals surface area contributed by atoms with Crippen LogP contribution in [0.4, 0.5) is 13.6 Å². The number of ether oxygens (including phenoxy) is 3. The largest absolute Gasteiger partial charge is 0.491 e. The standard InChI is InChI=1S/C31H38BF2N3O6/c1-6-23(32-42-30(2,3)31(4,5)43-32)27(19-10-12-20(13-11-19)39-15-16-41-29(35)38)21-17-22-25(18-24(21)33)37(36-28(22)34)26-9-7-8-14-40-26/h10-13,17-18,26H,6-9,14-16H2,1-5H3,(H2,35,38)/b27-23+. The van der Waals surface area contributed by atoms with Gasteiger partial charge >= 0.3 is 13.2 Å². The molecule has 43 heavy (non-hydrogen) atoms. The molecule has 1 amide bonds. The quantitative estimate of drug-likeness (QED) is 0.227. The van der Waals surface area contributed by atoms with Crippen LogP contribution in [0.5, 0.6) is 5.75 Å². The Morgan fingerprint density at radius 3 is 2.40 bits per heavy atom. The number of halogens is 2. The second-order valence-corrected chi connectivity index (χ2v) is 11.8. The minimum atomic E-state index is -0.879. The molecule has 2 aliphatic heterocycles. The van der Waals surface area contributed by atoms with Crippen molar-refractivity contribution in [3.63, 3.8) is 0 Å². The van der Waals surface area contributed by atoms with E-state index in [-0.39, 0.29) is 24.2 Å². The third-order valence-electron chi connectivity index (χ3n) is 8.43. The monoisotopic (exact) mass is 597 g/mol. The average molecular weight is 597 g/mol. The van der Waals surface area contributed by atoms with E-state index in [2.05, 4.69) is 5.10 Å². The smallest absolute Gasteiger partial charge is 0.490 e. The molecule has 0 spiro atoms. The number of nitrogens with zero attached hydrogens (tertiary/aromatic N) is 2. The van der Waals surface area contributed by atoms with Gasteiger partial charge in [0.1, 0.15) is 24.8 Å². The molecule has 12 heteroatoms. The summed E-state index contributed by atoms with van der Waals surface area (Å²) in [6.07, 6.45) is 1.68. The van der Waals surface area contributed by atoms with Crippen LogP contribution in [0, 0.1) is 11.8 Å². The molecule has 2 aliphatic rings. The van der Waals surface area contributed by atoms with Gasteiger partial charge in [0, 0.05) is 18.2 Å². The molecule has 0 saturated carbocycles. The molecule has 2 fully saturated rings. The summed E-state index contributed by atoms with van der Waals surface area (Å²) in [5.74, 6) is -0.716. The van der Waals surface area contributed by atoms with Crippen LogP contribution >= 0.6 is 0 Å². The van der Waals surface area contributed by atoms with E-state index in [9.17, 15) is 4.79 Å². The molecule has 1 unspecified atom stereocenters. The van der Waals surface area contributed by atoms with Crippen molar-refractivity contribution in [3.8, 4) is 5.75 Å². The highest BCUT2D eigenvalue weighted by atomic mass is 19.1. The fraction of sp³-hybridized carbons (Fsp3) is 0.484. The number of primary amides is 1. The third-order valence-corrected chi connectivity index (χ3v) is 8.43. The van der Waals surface area contributed by atoms with E-state index < -0.39 is 42.4 Å². The Morgan fingerprint density at radius 2 is 1.79 bits per heavy atom. The zero-order chi connectivity index (χ0) is 30.9. The number of carbonyl (C=O) groups excluding carboxylic acids is 1. The molecule has 1 atom stereocenters. The highest BCUT2D eigenvalue weighted by molar-refractivity contribution is 6.56. The molecule has 0 bridgehead atoms. The minimum Gasteiger partial charge on any atom is -0.490 e. The van der Waals surface area contributed by atoms with Crippen LogP contribution in [-0.4, -0.2) is 54.0 Å². The summed E-state index contributed by atoms with van der Waals surface area (Å²) in [6, 6.07) is 9.87. The third kappa shape index (κ3) is 6.27. The molecule has 230 valence electrons. The van der Waals surface area contributed by atoms with Gasteiger partial charge in [-0.05, 0) is 88.2 Å². The SMILES string of the molecule is CC/C(B1OC(C)(C)C(C)(C)O1)=C(/c1ccc(OCCOC(N)=O)cc1)c1cc2c(F)nn(C3CCCCO3)c2cc1F. The Bertz CT molecular complexity index is 1500. The number of rotatable bonds is 9. The van der Waals surface area contributed by atoms with Crippen molar-refractivity contribution in [2.45, 2.75) is 77.7 Å². The maximum absolute atomic E-state index is 16.3. The molecule has 5 rings (SSSR count). The van der Waals surface area contributed by atoms with Crippen LogP contribution < -0.4 is 10.5 Å². The number of nitrogens with two attached hydrogens (primary N) is 1. The van der Waals surface area contributed by atoms with Crippen molar-refractivity contribution in [1.82, 2.24) is 9.78 Å². The lowest BCUT2D eigenvalue weighted by molar-refractivity contribution is -0.0375. The molecule has 9 nitrogen and oxygen atoms in total. The van der Waals surface area contributed by atoms with Gasteiger partial charge in [-0.15, -0.1) is 5.10 Å². The van der Waals surface area contributed by atoms with Gasteiger partial charge in [0.05, 0.1) is 22.1 Å². The summed E-state index contributed by atoms with van der Waals surface area (Å²) in [6.45, 7) is 10.4. The van der Waals surface area contributed by atoms with Crippen molar-refractivity contribution < 1.29 is 37.1 Å². The molecule has 0 aliphatic carbocycles. The molecular formula is C31H38BF2N3O6. The Kier molecular flexibility index (Phi) is 8.83. The maximum Gasteiger partial charge on any atom is 0.491 e. The number of benzene rings is 2. The van der Waals surface area contributed by atoms with Gasteiger partial charge in [-0.25, -0.2) is 13.9 Å². The summed E-state index contributed by atoms with van der Waals surface area (Å²) in [5, 5.41) is 4.30. The molecule has 2 N–H and O–H groups in total. The average Bonchev–Trinajstić information content (AvgIpc) is 3.40. The van der Waals surface area contributed by atoms with Crippen molar-refractivity contribution in [1.29, 1.82) is 0 Å². The molecule has 2 aromatic carbocycles. The number of amides is 1. The minimum absolute atomic E-state index is 0.000514. The Labute approximate surface area is 250 Å². The lowest BCUT2D eigenvalue weighted by Crippen LogP contribution is -2.41. The molecule has 1 aromatic heterocycles. The van der Waals surface area contributed by atoms with E-state index >= 15 is 8.78 Å². The van der Waals surface area contributed by atoms with E-state index in [1.807, 2.05) is 34.6 Å². The summed E-state index contributed by atoms with van der Waals surface area (Å²) in [7, 11) is -0.759. The predicted molar refractivity (Wildman–Crippen MR) is 158 cm³/mol. The maximum atomic E-state index is 16.3. The van der Waals surface area contributed by atoms with E-state index in [0.717, 1.165) is 12.8 Å². The van der Waals surface area contributed by atoms with Gasteiger partial charge in [0.2, 0.25) is 5.95 Å². The number of allylic oxidation sites excluding steroid dienone is 1. The van der Waals surface area contributed by atoms with Gasteiger partial charge in [-0.1, -0.05) is 19.1 Å². The van der Waals surface area contributed by atoms with Crippen molar-refractivity contribution >= 4 is 29.7 Å². The van der Waals surface area contributed by atoms with Gasteiger partial charge in [0.15, 0.2) is 6.23 Å². The van der Waals surface area contributed by atoms with E-state index in [1.165, 1.54) is 16.8 Å². The Balaban J connectivity index is 1.60. The molecule has 0 radical (unpaired) electrons. The van der Waals surface area contributed by atoms with E-state index in [0.29, 0.717) is 47.3 Å². The fourth-order valence-electron chi connectivity index (χ4n) is 5.43. The van der Waals surface area contributed by atoms with E-state index in [4.69, 9.17) is 29.3 Å². The summed E-state index contributed by atoms with van der Waals surface area (Å²) in [4.78, 5) is 10.8. The number of carbonyl (C=O) groups is 1. The summed E-state index contributed by atoms with van der Waals surface area (Å²) < 4.78 is 62.0. The number of hydrogen-bond acceptors (Lipinski definition) is 7. The Hall–Kier alpha value is -3.48. The van der Waals surface area contributed by atoms with Gasteiger partial charge < -0.3 is 29.3 Å². The summed E-state index contributed by atoms with van der Waals surface area (Å²) >= 11 is 0. The first-order valence-corrected chi connectivity index (χ1v) is 14.6.